The number of hydrogen-bond donors (Lipinski definition) is 3. The van der Waals surface area contributed by atoms with E-state index in [1.807, 2.05) is 6.92 Å². The number of nitrogens with one attached hydrogen (secondary N) is 2. The van der Waals surface area contributed by atoms with Crippen LogP contribution in [0.1, 0.15) is 54.9 Å². The van der Waals surface area contributed by atoms with Crippen LogP contribution in [-0.4, -0.2) is 23.7 Å². The number of rotatable bonds is 6. The SMILES string of the molecule is CCNc1c(Cl)cc(C(=O)O)cc1CNC1CCCCC1. The summed E-state index contributed by atoms with van der Waals surface area (Å²) in [7, 11) is 0. The zero-order valence-electron chi connectivity index (χ0n) is 12.4. The van der Waals surface area contributed by atoms with Crippen molar-refractivity contribution < 1.29 is 9.90 Å². The van der Waals surface area contributed by atoms with Crippen LogP contribution in [0, 0.1) is 0 Å². The molecule has 0 amide bonds. The summed E-state index contributed by atoms with van der Waals surface area (Å²) >= 11 is 6.23. The second-order valence-electron chi connectivity index (χ2n) is 5.54. The Labute approximate surface area is 130 Å². The minimum atomic E-state index is -0.945. The molecule has 3 N–H and O–H groups in total. The fourth-order valence-electron chi connectivity index (χ4n) is 2.86. The summed E-state index contributed by atoms with van der Waals surface area (Å²) in [6.07, 6.45) is 6.26. The van der Waals surface area contributed by atoms with E-state index in [0.717, 1.165) is 17.8 Å². The maximum absolute atomic E-state index is 11.2. The summed E-state index contributed by atoms with van der Waals surface area (Å²) in [5.74, 6) is -0.945. The lowest BCUT2D eigenvalue weighted by Gasteiger charge is -2.24. The Morgan fingerprint density at radius 2 is 2.05 bits per heavy atom. The number of anilines is 1. The smallest absolute Gasteiger partial charge is 0.335 e. The second kappa shape index (κ2) is 7.66. The number of aromatic carboxylic acids is 1. The molecule has 1 aromatic carbocycles. The molecule has 0 unspecified atom stereocenters. The van der Waals surface area contributed by atoms with Gasteiger partial charge in [-0.2, -0.15) is 0 Å². The highest BCUT2D eigenvalue weighted by molar-refractivity contribution is 6.33. The molecule has 0 aromatic heterocycles. The van der Waals surface area contributed by atoms with Crippen LogP contribution in [-0.2, 0) is 6.54 Å². The summed E-state index contributed by atoms with van der Waals surface area (Å²) in [6.45, 7) is 3.40. The molecule has 1 saturated carbocycles. The average Bonchev–Trinajstić information content (AvgIpc) is 2.48. The van der Waals surface area contributed by atoms with Crippen LogP contribution < -0.4 is 10.6 Å². The molecule has 2 rings (SSSR count). The predicted molar refractivity (Wildman–Crippen MR) is 86.3 cm³/mol. The number of carboxylic acid groups (broad SMARTS) is 1. The molecule has 1 fully saturated rings. The lowest BCUT2D eigenvalue weighted by molar-refractivity contribution is 0.0697. The van der Waals surface area contributed by atoms with Crippen LogP contribution in [0.15, 0.2) is 12.1 Å². The van der Waals surface area contributed by atoms with Crippen molar-refractivity contribution in [2.75, 3.05) is 11.9 Å². The van der Waals surface area contributed by atoms with Gasteiger partial charge in [0.1, 0.15) is 0 Å². The maximum atomic E-state index is 11.2. The fourth-order valence-corrected chi connectivity index (χ4v) is 3.17. The summed E-state index contributed by atoms with van der Waals surface area (Å²) in [5.41, 5.74) is 2.00. The van der Waals surface area contributed by atoms with Gasteiger partial charge in [-0.15, -0.1) is 0 Å². The highest BCUT2D eigenvalue weighted by Crippen LogP contribution is 2.29. The Balaban J connectivity index is 2.15. The lowest BCUT2D eigenvalue weighted by atomic mass is 9.95. The highest BCUT2D eigenvalue weighted by atomic mass is 35.5. The van der Waals surface area contributed by atoms with Gasteiger partial charge in [0.25, 0.3) is 0 Å². The topological polar surface area (TPSA) is 61.4 Å². The third-order valence-electron chi connectivity index (χ3n) is 3.96. The number of benzene rings is 1. The maximum Gasteiger partial charge on any atom is 0.335 e. The van der Waals surface area contributed by atoms with E-state index in [-0.39, 0.29) is 5.56 Å². The lowest BCUT2D eigenvalue weighted by Crippen LogP contribution is -2.30. The van der Waals surface area contributed by atoms with Crippen LogP contribution in [0.3, 0.4) is 0 Å². The second-order valence-corrected chi connectivity index (χ2v) is 5.95. The standard InChI is InChI=1S/C16H23ClN2O2/c1-2-18-15-12(8-11(16(20)21)9-14(15)17)10-19-13-6-4-3-5-7-13/h8-9,13,18-19H,2-7,10H2,1H3,(H,20,21). The van der Waals surface area contributed by atoms with Crippen molar-refractivity contribution in [1.82, 2.24) is 5.32 Å². The van der Waals surface area contributed by atoms with Crippen LogP contribution in [0.25, 0.3) is 0 Å². The summed E-state index contributed by atoms with van der Waals surface area (Å²) in [4.78, 5) is 11.2. The third kappa shape index (κ3) is 4.35. The van der Waals surface area contributed by atoms with Gasteiger partial charge >= 0.3 is 5.97 Å². The average molecular weight is 311 g/mol. The van der Waals surface area contributed by atoms with Crippen molar-refractivity contribution in [3.63, 3.8) is 0 Å². The molecular weight excluding hydrogens is 288 g/mol. The van der Waals surface area contributed by atoms with Gasteiger partial charge in [0, 0.05) is 19.1 Å². The molecule has 0 aliphatic heterocycles. The molecule has 0 atom stereocenters. The monoisotopic (exact) mass is 310 g/mol. The number of hydrogen-bond acceptors (Lipinski definition) is 3. The Bertz CT molecular complexity index is 499. The first-order valence-corrected chi connectivity index (χ1v) is 8.02. The Morgan fingerprint density at radius 3 is 2.67 bits per heavy atom. The molecule has 0 spiro atoms. The largest absolute Gasteiger partial charge is 0.478 e. The molecule has 5 heteroatoms. The van der Waals surface area contributed by atoms with Gasteiger partial charge in [-0.3, -0.25) is 0 Å². The molecule has 116 valence electrons. The molecule has 4 nitrogen and oxygen atoms in total. The molecule has 0 bridgehead atoms. The van der Waals surface area contributed by atoms with E-state index in [2.05, 4.69) is 10.6 Å². The van der Waals surface area contributed by atoms with Gasteiger partial charge in [0.05, 0.1) is 16.3 Å². The normalized spacial score (nSPS) is 15.9. The van der Waals surface area contributed by atoms with Crippen molar-refractivity contribution >= 4 is 23.3 Å². The third-order valence-corrected chi connectivity index (χ3v) is 4.26. The minimum Gasteiger partial charge on any atom is -0.478 e. The summed E-state index contributed by atoms with van der Waals surface area (Å²) < 4.78 is 0. The van der Waals surface area contributed by atoms with Gasteiger partial charge in [-0.1, -0.05) is 30.9 Å². The predicted octanol–water partition coefficient (Wildman–Crippen LogP) is 3.89. The van der Waals surface area contributed by atoms with Gasteiger partial charge in [0.15, 0.2) is 0 Å². The van der Waals surface area contributed by atoms with E-state index in [9.17, 15) is 9.90 Å². The number of carboxylic acids is 1. The Morgan fingerprint density at radius 1 is 1.33 bits per heavy atom. The minimum absolute atomic E-state index is 0.238. The van der Waals surface area contributed by atoms with Gasteiger partial charge in [0.2, 0.25) is 0 Å². The van der Waals surface area contributed by atoms with E-state index < -0.39 is 5.97 Å². The van der Waals surface area contributed by atoms with Crippen LogP contribution in [0.4, 0.5) is 5.69 Å². The molecule has 0 heterocycles. The van der Waals surface area contributed by atoms with Crippen LogP contribution in [0.5, 0.6) is 0 Å². The van der Waals surface area contributed by atoms with Gasteiger partial charge in [-0.05, 0) is 37.5 Å². The zero-order chi connectivity index (χ0) is 15.2. The van der Waals surface area contributed by atoms with E-state index in [1.165, 1.54) is 38.2 Å². The fraction of sp³-hybridized carbons (Fsp3) is 0.562. The molecule has 0 saturated heterocycles. The molecule has 0 radical (unpaired) electrons. The Kier molecular flexibility index (Phi) is 5.88. The first-order valence-electron chi connectivity index (χ1n) is 7.64. The van der Waals surface area contributed by atoms with E-state index in [4.69, 9.17) is 11.6 Å². The molecule has 21 heavy (non-hydrogen) atoms. The number of carbonyl (C=O) groups is 1. The molecule has 1 aliphatic carbocycles. The molecule has 1 aromatic rings. The Hall–Kier alpha value is -1.26. The van der Waals surface area contributed by atoms with Crippen LogP contribution >= 0.6 is 11.6 Å². The van der Waals surface area contributed by atoms with Crippen molar-refractivity contribution in [3.8, 4) is 0 Å². The van der Waals surface area contributed by atoms with Gasteiger partial charge in [-0.25, -0.2) is 4.79 Å². The van der Waals surface area contributed by atoms with Crippen molar-refractivity contribution in [1.29, 1.82) is 0 Å². The first-order chi connectivity index (χ1) is 10.1. The van der Waals surface area contributed by atoms with Crippen molar-refractivity contribution in [2.24, 2.45) is 0 Å². The quantitative estimate of drug-likeness (QED) is 0.746. The van der Waals surface area contributed by atoms with E-state index in [1.54, 1.807) is 6.07 Å². The summed E-state index contributed by atoms with van der Waals surface area (Å²) in [6, 6.07) is 3.74. The first kappa shape index (κ1) is 16.1. The summed E-state index contributed by atoms with van der Waals surface area (Å²) in [5, 5.41) is 16.4. The van der Waals surface area contributed by atoms with Crippen molar-refractivity contribution in [2.45, 2.75) is 51.6 Å². The highest BCUT2D eigenvalue weighted by Gasteiger charge is 2.16. The molecule has 1 aliphatic rings. The zero-order valence-corrected chi connectivity index (χ0v) is 13.2. The van der Waals surface area contributed by atoms with Gasteiger partial charge < -0.3 is 15.7 Å². The molecular formula is C16H23ClN2O2. The number of halogens is 1. The van der Waals surface area contributed by atoms with Crippen molar-refractivity contribution in [3.05, 3.63) is 28.3 Å². The van der Waals surface area contributed by atoms with Crippen LogP contribution in [0.2, 0.25) is 5.02 Å². The van der Waals surface area contributed by atoms with E-state index in [0.29, 0.717) is 17.6 Å². The van der Waals surface area contributed by atoms with E-state index >= 15 is 0 Å².